The number of rotatable bonds is 3. The molecule has 2 unspecified atom stereocenters. The van der Waals surface area contributed by atoms with E-state index in [0.29, 0.717) is 0 Å². The molecule has 1 aliphatic heterocycles. The highest BCUT2D eigenvalue weighted by Crippen LogP contribution is 2.30. The lowest BCUT2D eigenvalue weighted by Gasteiger charge is -2.17. The minimum absolute atomic E-state index is 0.0704. The molecule has 1 fully saturated rings. The van der Waals surface area contributed by atoms with Crippen LogP contribution in [0.25, 0.3) is 0 Å². The fourth-order valence-corrected chi connectivity index (χ4v) is 2.66. The highest BCUT2D eigenvalue weighted by molar-refractivity contribution is 6.01. The second-order valence-electron chi connectivity index (χ2n) is 5.09. The number of carbonyl (C=O) groups is 1. The molecule has 2 atom stereocenters. The van der Waals surface area contributed by atoms with Gasteiger partial charge in [-0.1, -0.05) is 6.07 Å². The van der Waals surface area contributed by atoms with Gasteiger partial charge in [-0.3, -0.25) is 4.79 Å². The maximum absolute atomic E-state index is 12.6. The summed E-state index contributed by atoms with van der Waals surface area (Å²) in [6, 6.07) is 4.15. The number of nitrogens with one attached hydrogen (secondary N) is 1. The van der Waals surface area contributed by atoms with E-state index >= 15 is 0 Å². The zero-order chi connectivity index (χ0) is 13.3. The van der Waals surface area contributed by atoms with E-state index < -0.39 is 0 Å². The van der Waals surface area contributed by atoms with Crippen molar-refractivity contribution in [1.82, 2.24) is 5.32 Å². The van der Waals surface area contributed by atoms with E-state index in [9.17, 15) is 4.79 Å². The Morgan fingerprint density at radius 2 is 2.11 bits per heavy atom. The van der Waals surface area contributed by atoms with Crippen LogP contribution in [0.1, 0.15) is 34.8 Å². The summed E-state index contributed by atoms with van der Waals surface area (Å²) in [6.45, 7) is 7.03. The monoisotopic (exact) mass is 247 g/mol. The van der Waals surface area contributed by atoms with Gasteiger partial charge in [0, 0.05) is 12.0 Å². The van der Waals surface area contributed by atoms with Crippen molar-refractivity contribution in [3.8, 4) is 5.75 Å². The molecule has 1 saturated heterocycles. The van der Waals surface area contributed by atoms with Crippen molar-refractivity contribution in [3.05, 3.63) is 28.8 Å². The van der Waals surface area contributed by atoms with Gasteiger partial charge in [0.25, 0.3) is 0 Å². The Kier molecular flexibility index (Phi) is 3.71. The first-order valence-corrected chi connectivity index (χ1v) is 6.48. The fourth-order valence-electron chi connectivity index (χ4n) is 2.66. The van der Waals surface area contributed by atoms with Gasteiger partial charge in [-0.05, 0) is 50.9 Å². The van der Waals surface area contributed by atoms with Gasteiger partial charge >= 0.3 is 0 Å². The summed E-state index contributed by atoms with van der Waals surface area (Å²) < 4.78 is 5.43. The van der Waals surface area contributed by atoms with Crippen LogP contribution in [-0.2, 0) is 0 Å². The number of benzene rings is 1. The Labute approximate surface area is 109 Å². The third-order valence-corrected chi connectivity index (χ3v) is 4.01. The smallest absolute Gasteiger partial charge is 0.171 e. The lowest BCUT2D eigenvalue weighted by atomic mass is 9.90. The molecule has 0 spiro atoms. The van der Waals surface area contributed by atoms with Crippen LogP contribution in [-0.4, -0.2) is 25.5 Å². The summed E-state index contributed by atoms with van der Waals surface area (Å²) in [5, 5.41) is 3.32. The third-order valence-electron chi connectivity index (χ3n) is 4.01. The average Bonchev–Trinajstić information content (AvgIpc) is 2.78. The quantitative estimate of drug-likeness (QED) is 0.834. The summed E-state index contributed by atoms with van der Waals surface area (Å²) in [4.78, 5) is 12.6. The maximum atomic E-state index is 12.6. The molecule has 0 aliphatic carbocycles. The van der Waals surface area contributed by atoms with Gasteiger partial charge in [0.15, 0.2) is 5.78 Å². The summed E-state index contributed by atoms with van der Waals surface area (Å²) >= 11 is 0. The Morgan fingerprint density at radius 3 is 2.67 bits per heavy atom. The first-order chi connectivity index (χ1) is 8.56. The minimum atomic E-state index is 0.0704. The van der Waals surface area contributed by atoms with E-state index in [4.69, 9.17) is 4.74 Å². The molecule has 0 aromatic heterocycles. The first kappa shape index (κ1) is 13.1. The van der Waals surface area contributed by atoms with E-state index in [1.165, 1.54) is 0 Å². The van der Waals surface area contributed by atoms with Crippen LogP contribution in [0.2, 0.25) is 0 Å². The normalized spacial score (nSPS) is 23.1. The van der Waals surface area contributed by atoms with Crippen LogP contribution < -0.4 is 10.1 Å². The van der Waals surface area contributed by atoms with Crippen molar-refractivity contribution in [1.29, 1.82) is 0 Å². The Balaban J connectivity index is 2.39. The fraction of sp³-hybridized carbons (Fsp3) is 0.533. The second kappa shape index (κ2) is 5.11. The number of aryl methyl sites for hydroxylation is 1. The standard InChI is InChI=1S/C15H21NO2/c1-9-5-6-13(15(18-4)10(9)2)14(17)12-7-8-16-11(12)3/h5-6,11-12,16H,7-8H2,1-4H3. The highest BCUT2D eigenvalue weighted by atomic mass is 16.5. The largest absolute Gasteiger partial charge is 0.496 e. The number of hydrogen-bond acceptors (Lipinski definition) is 3. The molecule has 1 heterocycles. The van der Waals surface area contributed by atoms with Gasteiger partial charge < -0.3 is 10.1 Å². The first-order valence-electron chi connectivity index (χ1n) is 6.48. The number of carbonyl (C=O) groups excluding carboxylic acids is 1. The van der Waals surface area contributed by atoms with Crippen molar-refractivity contribution in [2.45, 2.75) is 33.2 Å². The van der Waals surface area contributed by atoms with Crippen LogP contribution in [0.3, 0.4) is 0 Å². The number of Topliss-reactive ketones (excluding diaryl/α,β-unsaturated/α-hetero) is 1. The van der Waals surface area contributed by atoms with Crippen molar-refractivity contribution in [3.63, 3.8) is 0 Å². The van der Waals surface area contributed by atoms with E-state index in [-0.39, 0.29) is 17.7 Å². The second-order valence-corrected chi connectivity index (χ2v) is 5.09. The Hall–Kier alpha value is -1.35. The van der Waals surface area contributed by atoms with Crippen molar-refractivity contribution in [2.75, 3.05) is 13.7 Å². The molecule has 1 aliphatic rings. The molecule has 98 valence electrons. The number of methoxy groups -OCH3 is 1. The van der Waals surface area contributed by atoms with E-state index in [2.05, 4.69) is 12.2 Å². The molecule has 0 radical (unpaired) electrons. The number of ketones is 1. The van der Waals surface area contributed by atoms with Crippen LogP contribution in [0.5, 0.6) is 5.75 Å². The van der Waals surface area contributed by atoms with Gasteiger partial charge in [0.1, 0.15) is 5.75 Å². The summed E-state index contributed by atoms with van der Waals surface area (Å²) in [7, 11) is 1.63. The Bertz CT molecular complexity index is 468. The molecule has 0 amide bonds. The van der Waals surface area contributed by atoms with Gasteiger partial charge in [-0.15, -0.1) is 0 Å². The zero-order valence-electron chi connectivity index (χ0n) is 11.5. The van der Waals surface area contributed by atoms with Crippen molar-refractivity contribution >= 4 is 5.78 Å². The lowest BCUT2D eigenvalue weighted by molar-refractivity contribution is 0.0911. The molecule has 3 nitrogen and oxygen atoms in total. The molecule has 1 aromatic carbocycles. The maximum Gasteiger partial charge on any atom is 0.171 e. The summed E-state index contributed by atoms with van der Waals surface area (Å²) in [5.41, 5.74) is 2.93. The average molecular weight is 247 g/mol. The Morgan fingerprint density at radius 1 is 1.39 bits per heavy atom. The molecule has 1 aromatic rings. The molecule has 2 rings (SSSR count). The van der Waals surface area contributed by atoms with Crippen LogP contribution in [0.4, 0.5) is 0 Å². The van der Waals surface area contributed by atoms with Crippen LogP contribution in [0, 0.1) is 19.8 Å². The van der Waals surface area contributed by atoms with Gasteiger partial charge in [-0.25, -0.2) is 0 Å². The zero-order valence-corrected chi connectivity index (χ0v) is 11.5. The van der Waals surface area contributed by atoms with E-state index in [1.54, 1.807) is 7.11 Å². The predicted molar refractivity (Wildman–Crippen MR) is 72.4 cm³/mol. The molecule has 1 N–H and O–H groups in total. The molecular weight excluding hydrogens is 226 g/mol. The van der Waals surface area contributed by atoms with E-state index in [0.717, 1.165) is 35.4 Å². The molecule has 0 bridgehead atoms. The van der Waals surface area contributed by atoms with E-state index in [1.807, 2.05) is 26.0 Å². The molecule has 0 saturated carbocycles. The van der Waals surface area contributed by atoms with Crippen molar-refractivity contribution in [2.24, 2.45) is 5.92 Å². The third kappa shape index (κ3) is 2.15. The predicted octanol–water partition coefficient (Wildman–Crippen LogP) is 2.49. The number of hydrogen-bond donors (Lipinski definition) is 1. The minimum Gasteiger partial charge on any atom is -0.496 e. The number of ether oxygens (including phenoxy) is 1. The molecule has 3 heteroatoms. The van der Waals surface area contributed by atoms with Crippen LogP contribution >= 0.6 is 0 Å². The molecule has 18 heavy (non-hydrogen) atoms. The molecular formula is C15H21NO2. The topological polar surface area (TPSA) is 38.3 Å². The SMILES string of the molecule is COc1c(C(=O)C2CCNC2C)ccc(C)c1C. The van der Waals surface area contributed by atoms with Crippen LogP contribution in [0.15, 0.2) is 12.1 Å². The van der Waals surface area contributed by atoms with Crippen molar-refractivity contribution < 1.29 is 9.53 Å². The summed E-state index contributed by atoms with van der Waals surface area (Å²) in [5.74, 6) is 1.01. The van der Waals surface area contributed by atoms with Gasteiger partial charge in [0.05, 0.1) is 12.7 Å². The lowest BCUT2D eigenvalue weighted by Crippen LogP contribution is -2.28. The highest BCUT2D eigenvalue weighted by Gasteiger charge is 2.31. The van der Waals surface area contributed by atoms with Gasteiger partial charge in [-0.2, -0.15) is 0 Å². The van der Waals surface area contributed by atoms with Gasteiger partial charge in [0.2, 0.25) is 0 Å². The summed E-state index contributed by atoms with van der Waals surface area (Å²) in [6.07, 6.45) is 0.913.